The first kappa shape index (κ1) is 13.4. The molecule has 1 saturated heterocycles. The van der Waals surface area contributed by atoms with Crippen LogP contribution in [-0.2, 0) is 6.54 Å². The average molecular weight is 264 g/mol. The van der Waals surface area contributed by atoms with Gasteiger partial charge in [-0.2, -0.15) is 11.8 Å². The summed E-state index contributed by atoms with van der Waals surface area (Å²) in [5.41, 5.74) is 7.22. The molecule has 0 radical (unpaired) electrons. The Morgan fingerprint density at radius 1 is 1.50 bits per heavy atom. The van der Waals surface area contributed by atoms with Crippen molar-refractivity contribution in [3.8, 4) is 0 Å². The first-order valence-electron chi connectivity index (χ1n) is 6.21. The summed E-state index contributed by atoms with van der Waals surface area (Å²) < 4.78 is 0. The molecule has 1 aliphatic heterocycles. The van der Waals surface area contributed by atoms with Gasteiger partial charge in [0.25, 0.3) is 0 Å². The summed E-state index contributed by atoms with van der Waals surface area (Å²) in [5.74, 6) is 0.0350. The van der Waals surface area contributed by atoms with E-state index < -0.39 is 0 Å². The van der Waals surface area contributed by atoms with Gasteiger partial charge in [-0.05, 0) is 17.7 Å². The Bertz CT molecular complexity index is 425. The molecule has 0 aromatic carbocycles. The Hall–Kier alpha value is -1.07. The Labute approximate surface area is 112 Å². The molecule has 2 unspecified atom stereocenters. The number of nitrogens with two attached hydrogens (primary N) is 1. The van der Waals surface area contributed by atoms with E-state index in [1.54, 1.807) is 6.20 Å². The summed E-state index contributed by atoms with van der Waals surface area (Å²) in [5, 5.41) is 8.78. The highest BCUT2D eigenvalue weighted by Gasteiger charge is 2.22. The van der Waals surface area contributed by atoms with E-state index in [1.807, 2.05) is 12.1 Å². The summed E-state index contributed by atoms with van der Waals surface area (Å²) in [6.07, 6.45) is 1.73. The number of nitrogen functional groups attached to an aromatic ring is 1. The zero-order valence-electron chi connectivity index (χ0n) is 10.9. The molecule has 0 amide bonds. The minimum Gasteiger partial charge on any atom is -0.382 e. The second-order valence-corrected chi connectivity index (χ2v) is 6.80. The van der Waals surface area contributed by atoms with Crippen LogP contribution < -0.4 is 5.73 Å². The molecule has 18 heavy (non-hydrogen) atoms. The molecule has 5 heteroatoms. The Balaban J connectivity index is 2.04. The molecular formula is C13H20N4S. The molecule has 3 N–H and O–H groups in total. The third-order valence-corrected chi connectivity index (χ3v) is 4.23. The van der Waals surface area contributed by atoms with Crippen molar-refractivity contribution in [2.75, 3.05) is 13.1 Å². The number of thioether (sulfide) groups is 1. The molecule has 1 aromatic heterocycles. The van der Waals surface area contributed by atoms with Crippen molar-refractivity contribution in [2.24, 2.45) is 5.73 Å². The number of pyridine rings is 1. The van der Waals surface area contributed by atoms with E-state index in [2.05, 4.69) is 35.5 Å². The van der Waals surface area contributed by atoms with Crippen LogP contribution in [0.15, 0.2) is 18.3 Å². The lowest BCUT2D eigenvalue weighted by atomic mass is 10.2. The number of hydrogen-bond donors (Lipinski definition) is 2. The Morgan fingerprint density at radius 3 is 2.78 bits per heavy atom. The number of hydrogen-bond acceptors (Lipinski definition) is 4. The lowest BCUT2D eigenvalue weighted by molar-refractivity contribution is 0.263. The maximum Gasteiger partial charge on any atom is 0.141 e. The van der Waals surface area contributed by atoms with Crippen LogP contribution in [-0.4, -0.2) is 39.3 Å². The first-order valence-corrected chi connectivity index (χ1v) is 7.16. The van der Waals surface area contributed by atoms with Gasteiger partial charge in [-0.1, -0.05) is 13.8 Å². The lowest BCUT2D eigenvalue weighted by Gasteiger charge is -2.34. The van der Waals surface area contributed by atoms with Gasteiger partial charge < -0.3 is 5.73 Å². The standard InChI is InChI=1S/C13H20N4S/c1-9-6-17(7-10(2)18-9)8-11-3-4-16-12(5-11)13(14)15/h3-5,9-10H,6-8H2,1-2H3,(H3,14,15). The molecule has 1 aliphatic rings. The van der Waals surface area contributed by atoms with Gasteiger partial charge in [0.15, 0.2) is 0 Å². The molecule has 0 spiro atoms. The molecule has 2 heterocycles. The molecule has 2 atom stereocenters. The molecule has 0 bridgehead atoms. The van der Waals surface area contributed by atoms with Crippen molar-refractivity contribution in [1.29, 1.82) is 5.41 Å². The van der Waals surface area contributed by atoms with E-state index in [0.717, 1.165) is 19.6 Å². The van der Waals surface area contributed by atoms with Crippen LogP contribution in [0.4, 0.5) is 0 Å². The fraction of sp³-hybridized carbons (Fsp3) is 0.538. The van der Waals surface area contributed by atoms with E-state index in [-0.39, 0.29) is 5.84 Å². The van der Waals surface area contributed by atoms with E-state index >= 15 is 0 Å². The van der Waals surface area contributed by atoms with Crippen molar-refractivity contribution in [3.05, 3.63) is 29.6 Å². The summed E-state index contributed by atoms with van der Waals surface area (Å²) in [7, 11) is 0. The highest BCUT2D eigenvalue weighted by molar-refractivity contribution is 8.00. The number of nitrogens with zero attached hydrogens (tertiary/aromatic N) is 2. The number of aromatic nitrogens is 1. The van der Waals surface area contributed by atoms with Crippen LogP contribution in [0.5, 0.6) is 0 Å². The van der Waals surface area contributed by atoms with Crippen LogP contribution in [0, 0.1) is 5.41 Å². The fourth-order valence-corrected chi connectivity index (χ4v) is 3.78. The van der Waals surface area contributed by atoms with Crippen molar-refractivity contribution in [3.63, 3.8) is 0 Å². The SMILES string of the molecule is CC1CN(Cc2ccnc(C(=N)N)c2)CC(C)S1. The van der Waals surface area contributed by atoms with Gasteiger partial charge >= 0.3 is 0 Å². The second kappa shape index (κ2) is 5.71. The third kappa shape index (κ3) is 3.46. The quantitative estimate of drug-likeness (QED) is 0.644. The number of nitrogens with one attached hydrogen (secondary N) is 1. The highest BCUT2D eigenvalue weighted by Crippen LogP contribution is 2.25. The molecule has 1 fully saturated rings. The molecule has 4 nitrogen and oxygen atoms in total. The van der Waals surface area contributed by atoms with Crippen LogP contribution >= 0.6 is 11.8 Å². The first-order chi connectivity index (χ1) is 8.54. The van der Waals surface area contributed by atoms with E-state index in [4.69, 9.17) is 11.1 Å². The lowest BCUT2D eigenvalue weighted by Crippen LogP contribution is -2.39. The van der Waals surface area contributed by atoms with Crippen molar-refractivity contribution < 1.29 is 0 Å². The van der Waals surface area contributed by atoms with Gasteiger partial charge in [-0.25, -0.2) is 0 Å². The number of amidine groups is 1. The monoisotopic (exact) mass is 264 g/mol. The highest BCUT2D eigenvalue weighted by atomic mass is 32.2. The average Bonchev–Trinajstić information content (AvgIpc) is 2.27. The molecule has 1 aromatic rings. The fourth-order valence-electron chi connectivity index (χ4n) is 2.39. The predicted octanol–water partition coefficient (Wildman–Crippen LogP) is 1.69. The smallest absolute Gasteiger partial charge is 0.141 e. The van der Waals surface area contributed by atoms with Gasteiger partial charge in [0.05, 0.1) is 0 Å². The van der Waals surface area contributed by atoms with Gasteiger partial charge in [0.1, 0.15) is 11.5 Å². The third-order valence-electron chi connectivity index (χ3n) is 3.00. The van der Waals surface area contributed by atoms with E-state index in [0.29, 0.717) is 16.2 Å². The van der Waals surface area contributed by atoms with Gasteiger partial charge in [0, 0.05) is 36.3 Å². The van der Waals surface area contributed by atoms with Crippen LogP contribution in [0.2, 0.25) is 0 Å². The van der Waals surface area contributed by atoms with Crippen LogP contribution in [0.3, 0.4) is 0 Å². The van der Waals surface area contributed by atoms with Crippen molar-refractivity contribution in [2.45, 2.75) is 30.9 Å². The minimum atomic E-state index is 0.0350. The summed E-state index contributed by atoms with van der Waals surface area (Å²) in [6.45, 7) is 7.71. The molecule has 2 rings (SSSR count). The summed E-state index contributed by atoms with van der Waals surface area (Å²) in [6, 6.07) is 3.92. The zero-order chi connectivity index (χ0) is 13.1. The molecule has 98 valence electrons. The molecule has 0 saturated carbocycles. The van der Waals surface area contributed by atoms with E-state index in [1.165, 1.54) is 5.56 Å². The maximum absolute atomic E-state index is 7.41. The van der Waals surface area contributed by atoms with Crippen LogP contribution in [0.25, 0.3) is 0 Å². The molecular weight excluding hydrogens is 244 g/mol. The summed E-state index contributed by atoms with van der Waals surface area (Å²) >= 11 is 2.06. The van der Waals surface area contributed by atoms with E-state index in [9.17, 15) is 0 Å². The Kier molecular flexibility index (Phi) is 4.24. The van der Waals surface area contributed by atoms with Gasteiger partial charge in [-0.15, -0.1) is 0 Å². The zero-order valence-corrected chi connectivity index (χ0v) is 11.7. The van der Waals surface area contributed by atoms with Crippen LogP contribution in [0.1, 0.15) is 25.1 Å². The molecule has 0 aliphatic carbocycles. The topological polar surface area (TPSA) is 66.0 Å². The summed E-state index contributed by atoms with van der Waals surface area (Å²) in [4.78, 5) is 6.55. The Morgan fingerprint density at radius 2 is 2.17 bits per heavy atom. The minimum absolute atomic E-state index is 0.0350. The van der Waals surface area contributed by atoms with Crippen molar-refractivity contribution in [1.82, 2.24) is 9.88 Å². The normalized spacial score (nSPS) is 25.0. The number of rotatable bonds is 3. The van der Waals surface area contributed by atoms with Crippen molar-refractivity contribution >= 4 is 17.6 Å². The second-order valence-electron chi connectivity index (χ2n) is 4.91. The predicted molar refractivity (Wildman–Crippen MR) is 77.0 cm³/mol. The maximum atomic E-state index is 7.41. The van der Waals surface area contributed by atoms with Gasteiger partial charge in [0.2, 0.25) is 0 Å². The largest absolute Gasteiger partial charge is 0.382 e. The van der Waals surface area contributed by atoms with Gasteiger partial charge in [-0.3, -0.25) is 15.3 Å².